The van der Waals surface area contributed by atoms with Crippen LogP contribution in [0.15, 0.2) is 23.1 Å². The third-order valence-electron chi connectivity index (χ3n) is 7.08. The summed E-state index contributed by atoms with van der Waals surface area (Å²) in [5, 5.41) is 3.68. The lowest BCUT2D eigenvalue weighted by Crippen LogP contribution is -2.39. The predicted molar refractivity (Wildman–Crippen MR) is 152 cm³/mol. The number of hydrogen-bond acceptors (Lipinski definition) is 13. The van der Waals surface area contributed by atoms with Gasteiger partial charge in [0.25, 0.3) is 15.9 Å². The van der Waals surface area contributed by atoms with E-state index in [1.807, 2.05) is 4.72 Å². The van der Waals surface area contributed by atoms with Gasteiger partial charge in [-0.05, 0) is 44.4 Å². The van der Waals surface area contributed by atoms with E-state index in [1.165, 1.54) is 17.4 Å². The van der Waals surface area contributed by atoms with Crippen LogP contribution in [0.2, 0.25) is 0 Å². The Balaban J connectivity index is 1.35. The van der Waals surface area contributed by atoms with Gasteiger partial charge in [0, 0.05) is 31.7 Å². The van der Waals surface area contributed by atoms with Crippen molar-refractivity contribution in [3.63, 3.8) is 0 Å². The summed E-state index contributed by atoms with van der Waals surface area (Å²) in [6, 6.07) is 4.83. The van der Waals surface area contributed by atoms with E-state index in [2.05, 4.69) is 20.1 Å². The zero-order valence-electron chi connectivity index (χ0n) is 22.6. The second kappa shape index (κ2) is 10.9. The van der Waals surface area contributed by atoms with Crippen molar-refractivity contribution in [2.75, 3.05) is 54.6 Å². The van der Waals surface area contributed by atoms with Crippen molar-refractivity contribution in [3.8, 4) is 0 Å². The number of nitrogens with zero attached hydrogens (tertiary/aromatic N) is 5. The van der Waals surface area contributed by atoms with Crippen molar-refractivity contribution >= 4 is 56.0 Å². The number of carbonyl (C=O) groups excluding carboxylic acids is 2. The quantitative estimate of drug-likeness (QED) is 0.383. The monoisotopic (exact) mass is 599 g/mol. The highest BCUT2D eigenvalue weighted by Gasteiger charge is 2.33. The van der Waals surface area contributed by atoms with Gasteiger partial charge in [-0.2, -0.15) is 9.97 Å². The second-order valence-electron chi connectivity index (χ2n) is 9.84. The molecule has 0 unspecified atom stereocenters. The molecule has 0 bridgehead atoms. The second-order valence-corrected chi connectivity index (χ2v) is 12.5. The largest absolute Gasteiger partial charge is 0.462 e. The average Bonchev–Trinajstić information content (AvgIpc) is 3.43. The smallest absolute Gasteiger partial charge is 0.350 e. The Morgan fingerprint density at radius 2 is 1.95 bits per heavy atom. The van der Waals surface area contributed by atoms with Crippen LogP contribution in [-0.4, -0.2) is 74.7 Å². The fraction of sp³-hybridized carbons (Fsp3) is 0.423. The fourth-order valence-electron chi connectivity index (χ4n) is 5.22. The SMILES string of the molecule is CCOC(=O)c1sc(Nc2nc(N3CCOCC3)c3c(n2)N(Cc2ccc4c(c2)C(=O)NS4(=O)=O)CCC3)nc1C. The number of aromatic nitrogens is 3. The van der Waals surface area contributed by atoms with E-state index >= 15 is 0 Å². The summed E-state index contributed by atoms with van der Waals surface area (Å²) >= 11 is 1.19. The summed E-state index contributed by atoms with van der Waals surface area (Å²) in [7, 11) is -3.81. The lowest BCUT2D eigenvalue weighted by Gasteiger charge is -2.35. The Labute approximate surface area is 241 Å². The Bertz CT molecular complexity index is 1640. The molecule has 0 atom stereocenters. The molecule has 1 aromatic carbocycles. The molecule has 1 amide bonds. The van der Waals surface area contributed by atoms with Gasteiger partial charge in [0.05, 0.1) is 31.1 Å². The molecule has 0 radical (unpaired) electrons. The molecule has 0 saturated carbocycles. The van der Waals surface area contributed by atoms with E-state index < -0.39 is 21.9 Å². The molecule has 13 nitrogen and oxygen atoms in total. The Kier molecular flexibility index (Phi) is 7.25. The molecule has 1 saturated heterocycles. The van der Waals surface area contributed by atoms with Gasteiger partial charge >= 0.3 is 5.97 Å². The van der Waals surface area contributed by atoms with Crippen molar-refractivity contribution in [2.24, 2.45) is 0 Å². The highest BCUT2D eigenvalue weighted by molar-refractivity contribution is 7.90. The first-order valence-electron chi connectivity index (χ1n) is 13.3. The number of benzene rings is 1. The van der Waals surface area contributed by atoms with E-state index in [4.69, 9.17) is 19.4 Å². The Hall–Kier alpha value is -3.82. The van der Waals surface area contributed by atoms with Crippen molar-refractivity contribution in [1.82, 2.24) is 19.7 Å². The lowest BCUT2D eigenvalue weighted by molar-refractivity contribution is 0.0530. The van der Waals surface area contributed by atoms with Crippen LogP contribution in [-0.2, 0) is 32.5 Å². The van der Waals surface area contributed by atoms with Crippen molar-refractivity contribution in [3.05, 3.63) is 45.5 Å². The molecule has 41 heavy (non-hydrogen) atoms. The summed E-state index contributed by atoms with van der Waals surface area (Å²) < 4.78 is 37.1. The zero-order valence-corrected chi connectivity index (χ0v) is 24.2. The molecule has 3 aliphatic heterocycles. The van der Waals surface area contributed by atoms with Crippen molar-refractivity contribution in [2.45, 2.75) is 38.1 Å². The maximum atomic E-state index is 12.3. The van der Waals surface area contributed by atoms with E-state index in [0.29, 0.717) is 54.5 Å². The number of morpholine rings is 1. The van der Waals surface area contributed by atoms with Crippen LogP contribution in [0.1, 0.15) is 50.2 Å². The molecule has 1 fully saturated rings. The topological polar surface area (TPSA) is 156 Å². The van der Waals surface area contributed by atoms with Gasteiger partial charge in [-0.15, -0.1) is 0 Å². The maximum Gasteiger partial charge on any atom is 0.350 e. The summed E-state index contributed by atoms with van der Waals surface area (Å²) in [5.41, 5.74) is 2.52. The van der Waals surface area contributed by atoms with Gasteiger partial charge in [-0.3, -0.25) is 10.1 Å². The van der Waals surface area contributed by atoms with Crippen LogP contribution < -0.4 is 19.8 Å². The number of sulfonamides is 1. The first kappa shape index (κ1) is 27.4. The Morgan fingerprint density at radius 3 is 2.73 bits per heavy atom. The molecule has 6 rings (SSSR count). The van der Waals surface area contributed by atoms with E-state index in [-0.39, 0.29) is 17.1 Å². The van der Waals surface area contributed by atoms with Crippen LogP contribution in [0, 0.1) is 6.92 Å². The number of ether oxygens (including phenoxy) is 2. The molecule has 0 spiro atoms. The first-order chi connectivity index (χ1) is 19.7. The third kappa shape index (κ3) is 5.31. The molecule has 2 N–H and O–H groups in total. The normalized spacial score (nSPS) is 17.6. The molecular weight excluding hydrogens is 570 g/mol. The maximum absolute atomic E-state index is 12.3. The van der Waals surface area contributed by atoms with E-state index in [1.54, 1.807) is 26.0 Å². The number of amides is 1. The number of nitrogens with one attached hydrogen (secondary N) is 2. The van der Waals surface area contributed by atoms with Crippen LogP contribution in [0.5, 0.6) is 0 Å². The third-order valence-corrected chi connectivity index (χ3v) is 9.53. The number of fused-ring (bicyclic) bond motifs is 2. The van der Waals surface area contributed by atoms with Crippen LogP contribution in [0.4, 0.5) is 22.7 Å². The molecule has 3 aromatic rings. The van der Waals surface area contributed by atoms with Crippen LogP contribution in [0.3, 0.4) is 0 Å². The van der Waals surface area contributed by atoms with Gasteiger partial charge in [0.1, 0.15) is 21.4 Å². The summed E-state index contributed by atoms with van der Waals surface area (Å²) in [4.78, 5) is 43.6. The molecule has 15 heteroatoms. The standard InChI is InChI=1S/C26H29N7O6S2/c1-3-39-24(35)20-15(2)27-26(40-20)30-25-28-21(32-9-11-38-12-10-32)17-5-4-8-33(22(17)29-25)14-16-6-7-19-18(13-16)23(34)31-41(19,36)37/h6-7,13H,3-5,8-12,14H2,1-2H3,(H,31,34)(H,27,28,29,30). The number of esters is 1. The number of carbonyl (C=O) groups is 2. The van der Waals surface area contributed by atoms with Crippen LogP contribution >= 0.6 is 11.3 Å². The van der Waals surface area contributed by atoms with Gasteiger partial charge in [-0.25, -0.2) is 22.9 Å². The number of thiazole rings is 1. The summed E-state index contributed by atoms with van der Waals surface area (Å²) in [5.74, 6) is 0.888. The number of anilines is 4. The molecular formula is C26H29N7O6S2. The Morgan fingerprint density at radius 1 is 1.17 bits per heavy atom. The molecule has 0 aliphatic carbocycles. The average molecular weight is 600 g/mol. The predicted octanol–water partition coefficient (Wildman–Crippen LogP) is 2.38. The molecule has 2 aromatic heterocycles. The van der Waals surface area contributed by atoms with Gasteiger partial charge in [-0.1, -0.05) is 17.4 Å². The summed E-state index contributed by atoms with van der Waals surface area (Å²) in [6.07, 6.45) is 1.68. The number of aryl methyl sites for hydroxylation is 1. The molecule has 3 aliphatic rings. The zero-order chi connectivity index (χ0) is 28.7. The van der Waals surface area contributed by atoms with Gasteiger partial charge in [0.2, 0.25) is 5.95 Å². The van der Waals surface area contributed by atoms with Crippen molar-refractivity contribution < 1.29 is 27.5 Å². The van der Waals surface area contributed by atoms with E-state index in [9.17, 15) is 18.0 Å². The minimum Gasteiger partial charge on any atom is -0.462 e. The van der Waals surface area contributed by atoms with Gasteiger partial charge in [0.15, 0.2) is 5.13 Å². The van der Waals surface area contributed by atoms with Crippen molar-refractivity contribution in [1.29, 1.82) is 0 Å². The minimum absolute atomic E-state index is 0.00496. The highest BCUT2D eigenvalue weighted by atomic mass is 32.2. The number of hydrogen-bond donors (Lipinski definition) is 2. The van der Waals surface area contributed by atoms with Crippen LogP contribution in [0.25, 0.3) is 0 Å². The lowest BCUT2D eigenvalue weighted by atomic mass is 10.0. The van der Waals surface area contributed by atoms with E-state index in [0.717, 1.165) is 42.1 Å². The fourth-order valence-corrected chi connectivity index (χ4v) is 7.22. The van der Waals surface area contributed by atoms with Gasteiger partial charge < -0.3 is 19.3 Å². The summed E-state index contributed by atoms with van der Waals surface area (Å²) in [6.45, 7) is 7.52. The first-order valence-corrected chi connectivity index (χ1v) is 15.6. The molecule has 5 heterocycles. The highest BCUT2D eigenvalue weighted by Crippen LogP contribution is 2.36. The molecule has 216 valence electrons. The number of rotatable bonds is 7. The minimum atomic E-state index is -3.81.